The molecule has 1 aliphatic carbocycles. The van der Waals surface area contributed by atoms with Crippen molar-refractivity contribution < 1.29 is 13.2 Å². The summed E-state index contributed by atoms with van der Waals surface area (Å²) in [6.07, 6.45) is 4.27. The Labute approximate surface area is 163 Å². The van der Waals surface area contributed by atoms with Gasteiger partial charge >= 0.3 is 0 Å². The fourth-order valence-electron chi connectivity index (χ4n) is 3.80. The van der Waals surface area contributed by atoms with Gasteiger partial charge in [-0.1, -0.05) is 25.1 Å². The van der Waals surface area contributed by atoms with Crippen LogP contribution in [0.3, 0.4) is 0 Å². The molecule has 2 aliphatic rings. The van der Waals surface area contributed by atoms with Crippen LogP contribution in [0.4, 0.5) is 5.13 Å². The summed E-state index contributed by atoms with van der Waals surface area (Å²) < 4.78 is 27.2. The number of fused-ring (bicyclic) bond motifs is 1. The molecule has 0 spiro atoms. The van der Waals surface area contributed by atoms with Gasteiger partial charge < -0.3 is 5.32 Å². The summed E-state index contributed by atoms with van der Waals surface area (Å²) in [5.74, 6) is 0.356. The molecule has 0 saturated carbocycles. The SMILES string of the molecule is CC1CCc2nc(NC(=O)C3CCCN3S(=O)(=O)c3ccccc3)sc2C1. The van der Waals surface area contributed by atoms with Gasteiger partial charge in [-0.05, 0) is 50.2 Å². The van der Waals surface area contributed by atoms with E-state index in [1.165, 1.54) is 20.5 Å². The first-order valence-corrected chi connectivity index (χ1v) is 11.6. The predicted octanol–water partition coefficient (Wildman–Crippen LogP) is 3.06. The van der Waals surface area contributed by atoms with Crippen molar-refractivity contribution in [2.24, 2.45) is 5.92 Å². The number of carbonyl (C=O) groups is 1. The molecule has 1 aliphatic heterocycles. The fraction of sp³-hybridized carbons (Fsp3) is 0.474. The smallest absolute Gasteiger partial charge is 0.244 e. The Morgan fingerprint density at radius 2 is 2.04 bits per heavy atom. The Balaban J connectivity index is 1.52. The zero-order chi connectivity index (χ0) is 19.0. The largest absolute Gasteiger partial charge is 0.301 e. The Morgan fingerprint density at radius 3 is 2.81 bits per heavy atom. The molecule has 2 heterocycles. The van der Waals surface area contributed by atoms with Crippen LogP contribution in [0.5, 0.6) is 0 Å². The van der Waals surface area contributed by atoms with E-state index in [-0.39, 0.29) is 10.8 Å². The van der Waals surface area contributed by atoms with Crippen molar-refractivity contribution in [3.8, 4) is 0 Å². The van der Waals surface area contributed by atoms with E-state index in [0.29, 0.717) is 30.4 Å². The van der Waals surface area contributed by atoms with Crippen molar-refractivity contribution in [2.75, 3.05) is 11.9 Å². The van der Waals surface area contributed by atoms with Crippen LogP contribution in [0.15, 0.2) is 35.2 Å². The van der Waals surface area contributed by atoms with Crippen LogP contribution in [0.2, 0.25) is 0 Å². The lowest BCUT2D eigenvalue weighted by Crippen LogP contribution is -2.43. The second-order valence-corrected chi connectivity index (χ2v) is 10.3. The molecule has 0 bridgehead atoms. The minimum Gasteiger partial charge on any atom is -0.301 e. The number of hydrogen-bond acceptors (Lipinski definition) is 5. The summed E-state index contributed by atoms with van der Waals surface area (Å²) in [6.45, 7) is 2.59. The number of thiazole rings is 1. The maximum absolute atomic E-state index is 12.9. The van der Waals surface area contributed by atoms with Gasteiger partial charge in [-0.25, -0.2) is 13.4 Å². The highest BCUT2D eigenvalue weighted by Crippen LogP contribution is 2.33. The van der Waals surface area contributed by atoms with Crippen molar-refractivity contribution in [3.63, 3.8) is 0 Å². The molecular formula is C19H23N3O3S2. The molecular weight excluding hydrogens is 382 g/mol. The third kappa shape index (κ3) is 3.66. The summed E-state index contributed by atoms with van der Waals surface area (Å²) in [5, 5.41) is 3.46. The normalized spacial score (nSPS) is 23.1. The lowest BCUT2D eigenvalue weighted by atomic mass is 9.93. The first-order chi connectivity index (χ1) is 12.9. The Kier molecular flexibility index (Phi) is 5.05. The molecule has 27 heavy (non-hydrogen) atoms. The second-order valence-electron chi connectivity index (χ2n) is 7.31. The predicted molar refractivity (Wildman–Crippen MR) is 105 cm³/mol. The van der Waals surface area contributed by atoms with Crippen molar-refractivity contribution in [1.29, 1.82) is 0 Å². The van der Waals surface area contributed by atoms with Gasteiger partial charge in [0.2, 0.25) is 15.9 Å². The summed E-state index contributed by atoms with van der Waals surface area (Å²) >= 11 is 1.52. The molecule has 1 saturated heterocycles. The van der Waals surface area contributed by atoms with Gasteiger partial charge in [-0.3, -0.25) is 4.79 Å². The van der Waals surface area contributed by atoms with Crippen molar-refractivity contribution in [3.05, 3.63) is 40.9 Å². The summed E-state index contributed by atoms with van der Waals surface area (Å²) in [7, 11) is -3.68. The fourth-order valence-corrected chi connectivity index (χ4v) is 6.65. The molecule has 1 aromatic heterocycles. The minimum atomic E-state index is -3.68. The van der Waals surface area contributed by atoms with Crippen molar-refractivity contribution in [1.82, 2.24) is 9.29 Å². The molecule has 2 unspecified atom stereocenters. The molecule has 1 aromatic carbocycles. The standard InChI is InChI=1S/C19H23N3O3S2/c1-13-9-10-15-17(12-13)26-19(20-15)21-18(23)16-8-5-11-22(16)27(24,25)14-6-3-2-4-7-14/h2-4,6-7,13,16H,5,8-12H2,1H3,(H,20,21,23). The number of rotatable bonds is 4. The monoisotopic (exact) mass is 405 g/mol. The van der Waals surface area contributed by atoms with Gasteiger partial charge in [-0.2, -0.15) is 4.31 Å². The van der Waals surface area contributed by atoms with Gasteiger partial charge in [0.05, 0.1) is 10.6 Å². The van der Waals surface area contributed by atoms with Crippen LogP contribution in [0.25, 0.3) is 0 Å². The molecule has 6 nitrogen and oxygen atoms in total. The van der Waals surface area contributed by atoms with Gasteiger partial charge in [-0.15, -0.1) is 11.3 Å². The maximum atomic E-state index is 12.9. The number of aromatic nitrogens is 1. The number of hydrogen-bond donors (Lipinski definition) is 1. The maximum Gasteiger partial charge on any atom is 0.244 e. The number of aryl methyl sites for hydroxylation is 1. The number of carbonyl (C=O) groups excluding carboxylic acids is 1. The zero-order valence-electron chi connectivity index (χ0n) is 15.2. The van der Waals surface area contributed by atoms with Gasteiger partial charge in [0, 0.05) is 11.4 Å². The minimum absolute atomic E-state index is 0.225. The number of nitrogens with zero attached hydrogens (tertiary/aromatic N) is 2. The Hall–Kier alpha value is -1.77. The summed E-state index contributed by atoms with van der Waals surface area (Å²) in [6, 6.07) is 7.61. The van der Waals surface area contributed by atoms with E-state index in [9.17, 15) is 13.2 Å². The van der Waals surface area contributed by atoms with Gasteiger partial charge in [0.15, 0.2) is 5.13 Å². The van der Waals surface area contributed by atoms with Crippen LogP contribution < -0.4 is 5.32 Å². The third-order valence-corrected chi connectivity index (χ3v) is 8.23. The third-order valence-electron chi connectivity index (χ3n) is 5.27. The van der Waals surface area contributed by atoms with E-state index >= 15 is 0 Å². The Bertz CT molecular complexity index is 940. The number of anilines is 1. The van der Waals surface area contributed by atoms with E-state index in [2.05, 4.69) is 17.2 Å². The van der Waals surface area contributed by atoms with E-state index in [1.807, 2.05) is 0 Å². The second kappa shape index (κ2) is 7.33. The van der Waals surface area contributed by atoms with Crippen LogP contribution >= 0.6 is 11.3 Å². The first kappa shape index (κ1) is 18.6. The van der Waals surface area contributed by atoms with E-state index in [1.54, 1.807) is 30.3 Å². The highest BCUT2D eigenvalue weighted by atomic mass is 32.2. The molecule has 1 fully saturated rings. The van der Waals surface area contributed by atoms with Gasteiger partial charge in [0.1, 0.15) is 6.04 Å². The summed E-state index contributed by atoms with van der Waals surface area (Å²) in [5.41, 5.74) is 1.08. The topological polar surface area (TPSA) is 79.4 Å². The molecule has 1 amide bonds. The number of amides is 1. The first-order valence-electron chi connectivity index (χ1n) is 9.31. The molecule has 1 N–H and O–H groups in total. The van der Waals surface area contributed by atoms with Crippen molar-refractivity contribution >= 4 is 32.4 Å². The quantitative estimate of drug-likeness (QED) is 0.848. The highest BCUT2D eigenvalue weighted by molar-refractivity contribution is 7.89. The number of benzene rings is 1. The molecule has 4 rings (SSSR count). The average Bonchev–Trinajstić information content (AvgIpc) is 3.29. The van der Waals surface area contributed by atoms with Crippen LogP contribution in [0, 0.1) is 5.92 Å². The molecule has 0 radical (unpaired) electrons. The van der Waals surface area contributed by atoms with Crippen LogP contribution in [-0.4, -0.2) is 36.2 Å². The van der Waals surface area contributed by atoms with Crippen LogP contribution in [-0.2, 0) is 27.7 Å². The number of nitrogens with one attached hydrogen (secondary N) is 1. The highest BCUT2D eigenvalue weighted by Gasteiger charge is 2.39. The van der Waals surface area contributed by atoms with Crippen molar-refractivity contribution in [2.45, 2.75) is 50.0 Å². The molecule has 144 valence electrons. The van der Waals surface area contributed by atoms with E-state index in [0.717, 1.165) is 25.0 Å². The Morgan fingerprint density at radius 1 is 1.26 bits per heavy atom. The zero-order valence-corrected chi connectivity index (χ0v) is 16.9. The summed E-state index contributed by atoms with van der Waals surface area (Å²) in [4.78, 5) is 18.9. The molecule has 2 atom stereocenters. The molecule has 8 heteroatoms. The van der Waals surface area contributed by atoms with Crippen LogP contribution in [0.1, 0.15) is 36.8 Å². The van der Waals surface area contributed by atoms with E-state index < -0.39 is 16.1 Å². The van der Waals surface area contributed by atoms with E-state index in [4.69, 9.17) is 0 Å². The average molecular weight is 406 g/mol. The lowest BCUT2D eigenvalue weighted by molar-refractivity contribution is -0.119. The molecule has 2 aromatic rings. The number of sulfonamides is 1. The van der Waals surface area contributed by atoms with Gasteiger partial charge in [0.25, 0.3) is 0 Å². The lowest BCUT2D eigenvalue weighted by Gasteiger charge is -2.23.